The molecule has 0 unspecified atom stereocenters. The van der Waals surface area contributed by atoms with Gasteiger partial charge in [0.1, 0.15) is 18.2 Å². The zero-order chi connectivity index (χ0) is 32.3. The van der Waals surface area contributed by atoms with E-state index in [4.69, 9.17) is 9.47 Å². The average Bonchev–Trinajstić information content (AvgIpc) is 3.49. The highest BCUT2D eigenvalue weighted by Crippen LogP contribution is 2.37. The van der Waals surface area contributed by atoms with Gasteiger partial charge >= 0.3 is 6.09 Å². The Kier molecular flexibility index (Phi) is 13.0. The van der Waals surface area contributed by atoms with Gasteiger partial charge in [0.15, 0.2) is 0 Å². The van der Waals surface area contributed by atoms with Crippen molar-refractivity contribution in [1.29, 1.82) is 0 Å². The molecule has 4 amide bonds. The molecule has 2 aliphatic heterocycles. The first kappa shape index (κ1) is 35.3. The number of carbonyl (C=O) groups is 4. The number of amides is 4. The van der Waals surface area contributed by atoms with Crippen LogP contribution in [-0.4, -0.2) is 125 Å². The predicted octanol–water partition coefficient (Wildman–Crippen LogP) is 3.41. The average molecular weight is 619 g/mol. The molecule has 248 valence electrons. The highest BCUT2D eigenvalue weighted by atomic mass is 16.6. The number of ether oxygens (including phenoxy) is 2. The SMILES string of the molecule is CN(CCC[C@H]1C(=O)N(C)CCCCC2(CCN(C(=O)OC(C)(C)C)CC2)COCC(=O)N1C)C(=O)CCCn1cccn1. The second-order valence-corrected chi connectivity index (χ2v) is 13.5. The third-order valence-corrected chi connectivity index (χ3v) is 8.82. The van der Waals surface area contributed by atoms with Crippen molar-refractivity contribution >= 4 is 23.8 Å². The Balaban J connectivity index is 1.53. The van der Waals surface area contributed by atoms with Crippen LogP contribution in [0.5, 0.6) is 0 Å². The van der Waals surface area contributed by atoms with Gasteiger partial charge in [0.25, 0.3) is 0 Å². The van der Waals surface area contributed by atoms with E-state index in [2.05, 4.69) is 5.10 Å². The summed E-state index contributed by atoms with van der Waals surface area (Å²) >= 11 is 0. The van der Waals surface area contributed by atoms with Crippen LogP contribution in [0.4, 0.5) is 4.79 Å². The lowest BCUT2D eigenvalue weighted by Crippen LogP contribution is -2.50. The molecule has 12 heteroatoms. The molecule has 1 aromatic rings. The molecule has 0 bridgehead atoms. The summed E-state index contributed by atoms with van der Waals surface area (Å²) in [7, 11) is 5.25. The third-order valence-electron chi connectivity index (χ3n) is 8.82. The first-order valence-corrected chi connectivity index (χ1v) is 16.1. The first-order valence-electron chi connectivity index (χ1n) is 16.1. The molecule has 2 fully saturated rings. The third kappa shape index (κ3) is 10.8. The van der Waals surface area contributed by atoms with Gasteiger partial charge in [-0.1, -0.05) is 6.42 Å². The number of piperidine rings is 1. The number of nitrogens with zero attached hydrogens (tertiary/aromatic N) is 6. The van der Waals surface area contributed by atoms with E-state index in [9.17, 15) is 19.2 Å². The minimum absolute atomic E-state index is 0.0548. The van der Waals surface area contributed by atoms with Gasteiger partial charge in [-0.3, -0.25) is 19.1 Å². The first-order chi connectivity index (χ1) is 20.8. The molecule has 0 aliphatic carbocycles. The summed E-state index contributed by atoms with van der Waals surface area (Å²) in [6, 6.07) is 1.24. The molecule has 1 atom stereocenters. The van der Waals surface area contributed by atoms with Gasteiger partial charge in [-0.25, -0.2) is 4.79 Å². The second kappa shape index (κ2) is 16.2. The van der Waals surface area contributed by atoms with Crippen molar-refractivity contribution in [2.75, 3.05) is 60.5 Å². The van der Waals surface area contributed by atoms with Crippen molar-refractivity contribution in [3.63, 3.8) is 0 Å². The molecule has 0 aromatic carbocycles. The van der Waals surface area contributed by atoms with Crippen LogP contribution < -0.4 is 0 Å². The molecule has 44 heavy (non-hydrogen) atoms. The lowest BCUT2D eigenvalue weighted by molar-refractivity contribution is -0.147. The van der Waals surface area contributed by atoms with Gasteiger partial charge in [0, 0.05) is 72.7 Å². The zero-order valence-electron chi connectivity index (χ0n) is 27.8. The summed E-state index contributed by atoms with van der Waals surface area (Å²) in [4.78, 5) is 58.7. The van der Waals surface area contributed by atoms with Crippen molar-refractivity contribution < 1.29 is 28.7 Å². The molecule has 1 spiro atoms. The van der Waals surface area contributed by atoms with Crippen LogP contribution in [0.25, 0.3) is 0 Å². The summed E-state index contributed by atoms with van der Waals surface area (Å²) in [5.74, 6) is -0.270. The van der Waals surface area contributed by atoms with E-state index in [1.807, 2.05) is 37.7 Å². The number of carbonyl (C=O) groups excluding carboxylic acids is 4. The van der Waals surface area contributed by atoms with E-state index in [0.29, 0.717) is 65.0 Å². The lowest BCUT2D eigenvalue weighted by atomic mass is 9.75. The molecule has 2 saturated heterocycles. The number of likely N-dealkylation sites (tertiary alicyclic amines) is 1. The Labute approximate surface area is 263 Å². The van der Waals surface area contributed by atoms with E-state index in [-0.39, 0.29) is 35.8 Å². The largest absolute Gasteiger partial charge is 0.444 e. The maximum Gasteiger partial charge on any atom is 0.410 e. The number of rotatable bonds is 8. The van der Waals surface area contributed by atoms with Crippen molar-refractivity contribution in [2.24, 2.45) is 5.41 Å². The molecule has 3 rings (SSSR count). The molecule has 0 radical (unpaired) electrons. The standard InChI is InChI=1S/C32H54N6O6/c1-31(2,3)44-30(42)37-22-15-32(16-23-37)14-7-8-18-35(5)29(41)26(36(6)28(40)24-43-25-32)12-9-19-34(4)27(39)13-10-20-38-21-11-17-33-38/h11,17,21,26H,7-10,12-16,18-20,22-25H2,1-6H3/t26-/m0/s1. The van der Waals surface area contributed by atoms with Crippen LogP contribution in [0.1, 0.15) is 78.6 Å². The smallest absolute Gasteiger partial charge is 0.410 e. The number of aromatic nitrogens is 2. The summed E-state index contributed by atoms with van der Waals surface area (Å²) in [6.45, 7) is 8.93. The van der Waals surface area contributed by atoms with Crippen LogP contribution in [0.15, 0.2) is 18.5 Å². The maximum absolute atomic E-state index is 13.5. The Morgan fingerprint density at radius 2 is 1.82 bits per heavy atom. The minimum atomic E-state index is -0.619. The van der Waals surface area contributed by atoms with Gasteiger partial charge in [-0.2, -0.15) is 5.10 Å². The Morgan fingerprint density at radius 1 is 1.09 bits per heavy atom. The van der Waals surface area contributed by atoms with Crippen molar-refractivity contribution in [3.05, 3.63) is 18.5 Å². The zero-order valence-corrected chi connectivity index (χ0v) is 27.8. The number of hydrogen-bond donors (Lipinski definition) is 0. The lowest BCUT2D eigenvalue weighted by Gasteiger charge is -2.42. The molecule has 1 aromatic heterocycles. The molecule has 0 N–H and O–H groups in total. The van der Waals surface area contributed by atoms with E-state index in [1.54, 1.807) is 42.0 Å². The number of likely N-dealkylation sites (N-methyl/N-ethyl adjacent to an activating group) is 2. The molecular formula is C32H54N6O6. The fourth-order valence-corrected chi connectivity index (χ4v) is 5.95. The van der Waals surface area contributed by atoms with E-state index >= 15 is 0 Å². The van der Waals surface area contributed by atoms with Gasteiger partial charge in [0.2, 0.25) is 17.7 Å². The van der Waals surface area contributed by atoms with Crippen molar-refractivity contribution in [2.45, 2.75) is 96.7 Å². The van der Waals surface area contributed by atoms with Crippen molar-refractivity contribution in [3.8, 4) is 0 Å². The van der Waals surface area contributed by atoms with Crippen LogP contribution in [0.2, 0.25) is 0 Å². The number of hydrogen-bond acceptors (Lipinski definition) is 7. The summed E-state index contributed by atoms with van der Waals surface area (Å²) in [5, 5.41) is 4.17. The van der Waals surface area contributed by atoms with E-state index in [0.717, 1.165) is 32.1 Å². The Morgan fingerprint density at radius 3 is 2.48 bits per heavy atom. The molecule has 0 saturated carbocycles. The second-order valence-electron chi connectivity index (χ2n) is 13.5. The highest BCUT2D eigenvalue weighted by Gasteiger charge is 2.38. The van der Waals surface area contributed by atoms with Crippen LogP contribution >= 0.6 is 0 Å². The van der Waals surface area contributed by atoms with E-state index < -0.39 is 11.6 Å². The quantitative estimate of drug-likeness (QED) is 0.438. The van der Waals surface area contributed by atoms with Crippen LogP contribution in [0, 0.1) is 5.41 Å². The summed E-state index contributed by atoms with van der Waals surface area (Å²) in [6.07, 6.45) is 9.75. The number of aryl methyl sites for hydroxylation is 1. The monoisotopic (exact) mass is 618 g/mol. The predicted molar refractivity (Wildman–Crippen MR) is 167 cm³/mol. The molecule has 3 heterocycles. The Hall–Kier alpha value is -3.15. The molecule has 12 nitrogen and oxygen atoms in total. The summed E-state index contributed by atoms with van der Waals surface area (Å²) in [5.41, 5.74) is -0.661. The van der Waals surface area contributed by atoms with Crippen LogP contribution in [0.3, 0.4) is 0 Å². The normalized spacial score (nSPS) is 20.6. The molecule has 2 aliphatic rings. The van der Waals surface area contributed by atoms with E-state index in [1.165, 1.54) is 4.90 Å². The molecular weight excluding hydrogens is 564 g/mol. The maximum atomic E-state index is 13.5. The van der Waals surface area contributed by atoms with Crippen LogP contribution in [-0.2, 0) is 30.4 Å². The topological polar surface area (TPSA) is 118 Å². The van der Waals surface area contributed by atoms with Crippen molar-refractivity contribution in [1.82, 2.24) is 29.4 Å². The van der Waals surface area contributed by atoms with Gasteiger partial charge in [-0.05, 0) is 77.2 Å². The van der Waals surface area contributed by atoms with Gasteiger partial charge < -0.3 is 29.1 Å². The van der Waals surface area contributed by atoms with Gasteiger partial charge in [0.05, 0.1) is 6.61 Å². The Bertz CT molecular complexity index is 1080. The highest BCUT2D eigenvalue weighted by molar-refractivity contribution is 5.88. The summed E-state index contributed by atoms with van der Waals surface area (Å²) < 4.78 is 13.4. The minimum Gasteiger partial charge on any atom is -0.444 e. The fourth-order valence-electron chi connectivity index (χ4n) is 5.95. The van der Waals surface area contributed by atoms with Gasteiger partial charge in [-0.15, -0.1) is 0 Å². The fraction of sp³-hybridized carbons (Fsp3) is 0.781.